The van der Waals surface area contributed by atoms with Gasteiger partial charge in [-0.15, -0.1) is 0 Å². The summed E-state index contributed by atoms with van der Waals surface area (Å²) in [4.78, 5) is 25.6. The van der Waals surface area contributed by atoms with Gasteiger partial charge in [-0.25, -0.2) is 9.31 Å². The van der Waals surface area contributed by atoms with Crippen LogP contribution in [-0.4, -0.2) is 28.6 Å². The molecule has 0 unspecified atom stereocenters. The van der Waals surface area contributed by atoms with Gasteiger partial charge in [0.05, 0.1) is 12.6 Å². The van der Waals surface area contributed by atoms with Crippen LogP contribution in [0.3, 0.4) is 0 Å². The maximum atomic E-state index is 11.7. The van der Waals surface area contributed by atoms with E-state index in [9.17, 15) is 9.59 Å². The first-order valence-corrected chi connectivity index (χ1v) is 4.84. The third kappa shape index (κ3) is 1.76. The number of fused-ring (bicyclic) bond motifs is 1. The molecule has 1 amide bonds. The minimum absolute atomic E-state index is 0.0181. The van der Waals surface area contributed by atoms with E-state index >= 15 is 0 Å². The van der Waals surface area contributed by atoms with Crippen LogP contribution in [0.1, 0.15) is 20.8 Å². The van der Waals surface area contributed by atoms with Crippen LogP contribution in [0.2, 0.25) is 0 Å². The van der Waals surface area contributed by atoms with Gasteiger partial charge in [0.15, 0.2) is 5.69 Å². The summed E-state index contributed by atoms with van der Waals surface area (Å²) in [5, 5.41) is 6.83. The fraction of sp³-hybridized carbons (Fsp3) is 0.100. The molecule has 0 saturated heterocycles. The molecule has 0 spiro atoms. The average molecular weight is 245 g/mol. The van der Waals surface area contributed by atoms with Crippen LogP contribution in [0, 0.1) is 0 Å². The lowest BCUT2D eigenvalue weighted by molar-refractivity contribution is 0.0599. The summed E-state index contributed by atoms with van der Waals surface area (Å²) in [7, 11) is 1.19. The van der Waals surface area contributed by atoms with Crippen molar-refractivity contribution in [1.29, 1.82) is 0 Å². The number of methoxy groups -OCH3 is 1. The molecule has 0 aliphatic carbocycles. The fourth-order valence-corrected chi connectivity index (χ4v) is 1.54. The Bertz CT molecular complexity index is 684. The summed E-state index contributed by atoms with van der Waals surface area (Å²) in [6, 6.07) is 4.97. The molecule has 2 aromatic heterocycles. The van der Waals surface area contributed by atoms with Crippen molar-refractivity contribution < 1.29 is 14.3 Å². The predicted molar refractivity (Wildman–Crippen MR) is 60.0 cm³/mol. The van der Waals surface area contributed by atoms with Gasteiger partial charge >= 0.3 is 5.97 Å². The molecule has 18 heavy (non-hydrogen) atoms. The van der Waals surface area contributed by atoms with Gasteiger partial charge in [-0.1, -0.05) is 6.07 Å². The van der Waals surface area contributed by atoms with E-state index in [1.165, 1.54) is 11.6 Å². The highest BCUT2D eigenvalue weighted by Gasteiger charge is 2.24. The molecule has 90 valence electrons. The number of nitrogens with zero attached hydrogens (tertiary/aromatic N) is 5. The van der Waals surface area contributed by atoms with Crippen LogP contribution in [-0.2, 0) is 4.74 Å². The van der Waals surface area contributed by atoms with E-state index in [0.29, 0.717) is 5.52 Å². The van der Waals surface area contributed by atoms with E-state index in [-0.39, 0.29) is 11.3 Å². The highest BCUT2D eigenvalue weighted by molar-refractivity contribution is 6.08. The molecule has 2 rings (SSSR count). The number of carbonyl (C=O) groups is 2. The summed E-state index contributed by atoms with van der Waals surface area (Å²) in [6.45, 7) is 0. The van der Waals surface area contributed by atoms with Gasteiger partial charge in [-0.3, -0.25) is 4.79 Å². The summed E-state index contributed by atoms with van der Waals surface area (Å²) in [6.07, 6.45) is 1.56. The number of rotatable bonds is 2. The highest BCUT2D eigenvalue weighted by Crippen LogP contribution is 2.17. The molecule has 0 radical (unpaired) electrons. The van der Waals surface area contributed by atoms with Crippen molar-refractivity contribution >= 4 is 17.4 Å². The average Bonchev–Trinajstić information content (AvgIpc) is 2.77. The Morgan fingerprint density at radius 3 is 2.94 bits per heavy atom. The third-order valence-corrected chi connectivity index (χ3v) is 2.27. The Hall–Kier alpha value is -2.86. The number of ether oxygens (including phenoxy) is 1. The number of pyridine rings is 1. The number of aromatic nitrogens is 2. The molecule has 0 atom stereocenters. The molecular formula is C10H7N5O3. The van der Waals surface area contributed by atoms with E-state index in [0.717, 1.165) is 0 Å². The van der Waals surface area contributed by atoms with Crippen molar-refractivity contribution in [1.82, 2.24) is 9.61 Å². The molecule has 0 aliphatic heterocycles. The highest BCUT2D eigenvalue weighted by atomic mass is 16.5. The number of amides is 1. The summed E-state index contributed by atoms with van der Waals surface area (Å²) in [5.41, 5.74) is 8.40. The minimum Gasteiger partial charge on any atom is -0.465 e. The van der Waals surface area contributed by atoms with Gasteiger partial charge < -0.3 is 4.74 Å². The van der Waals surface area contributed by atoms with E-state index in [1.54, 1.807) is 24.4 Å². The zero-order chi connectivity index (χ0) is 13.1. The van der Waals surface area contributed by atoms with Crippen molar-refractivity contribution in [2.75, 3.05) is 7.11 Å². The van der Waals surface area contributed by atoms with Gasteiger partial charge in [0, 0.05) is 11.1 Å². The van der Waals surface area contributed by atoms with Crippen LogP contribution in [0.15, 0.2) is 29.5 Å². The van der Waals surface area contributed by atoms with E-state index in [4.69, 9.17) is 5.53 Å². The largest absolute Gasteiger partial charge is 0.465 e. The first-order chi connectivity index (χ1) is 8.69. The lowest BCUT2D eigenvalue weighted by Crippen LogP contribution is -2.07. The van der Waals surface area contributed by atoms with Crippen molar-refractivity contribution in [3.63, 3.8) is 0 Å². The molecule has 0 fully saturated rings. The molecular weight excluding hydrogens is 238 g/mol. The Morgan fingerprint density at radius 2 is 2.28 bits per heavy atom. The summed E-state index contributed by atoms with van der Waals surface area (Å²) in [5.74, 6) is -1.64. The normalized spacial score (nSPS) is 9.83. The van der Waals surface area contributed by atoms with Crippen LogP contribution >= 0.6 is 0 Å². The van der Waals surface area contributed by atoms with Crippen LogP contribution in [0.25, 0.3) is 16.0 Å². The van der Waals surface area contributed by atoms with Gasteiger partial charge in [-0.05, 0) is 22.8 Å². The van der Waals surface area contributed by atoms with Crippen molar-refractivity contribution in [2.24, 2.45) is 5.11 Å². The van der Waals surface area contributed by atoms with Gasteiger partial charge in [0.2, 0.25) is 0 Å². The molecule has 2 aromatic rings. The van der Waals surface area contributed by atoms with Crippen molar-refractivity contribution in [3.05, 3.63) is 46.1 Å². The Morgan fingerprint density at radius 1 is 1.50 bits per heavy atom. The third-order valence-electron chi connectivity index (χ3n) is 2.27. The topological polar surface area (TPSA) is 109 Å². The number of hydrogen-bond acceptors (Lipinski definition) is 4. The van der Waals surface area contributed by atoms with E-state index in [2.05, 4.69) is 19.9 Å². The molecule has 2 heterocycles. The number of hydrogen-bond donors (Lipinski definition) is 0. The first kappa shape index (κ1) is 11.6. The molecule has 8 heteroatoms. The van der Waals surface area contributed by atoms with Crippen molar-refractivity contribution in [2.45, 2.75) is 0 Å². The maximum absolute atomic E-state index is 11.7. The number of azide groups is 1. The Labute approximate surface area is 100 Å². The Balaban J connectivity index is 2.75. The second-order valence-corrected chi connectivity index (χ2v) is 3.24. The second kappa shape index (κ2) is 4.56. The fourth-order valence-electron chi connectivity index (χ4n) is 1.54. The smallest absolute Gasteiger partial charge is 0.342 e. The summed E-state index contributed by atoms with van der Waals surface area (Å²) >= 11 is 0. The molecule has 0 aromatic carbocycles. The van der Waals surface area contributed by atoms with E-state index in [1.807, 2.05) is 0 Å². The zero-order valence-corrected chi connectivity index (χ0v) is 9.27. The molecule has 0 aliphatic rings. The van der Waals surface area contributed by atoms with Gasteiger partial charge in [0.1, 0.15) is 5.56 Å². The molecule has 0 bridgehead atoms. The summed E-state index contributed by atoms with van der Waals surface area (Å²) < 4.78 is 5.93. The van der Waals surface area contributed by atoms with Crippen LogP contribution in [0.4, 0.5) is 0 Å². The SMILES string of the molecule is COC(=O)c1c(C(=O)N=[N+]=[N-])nn2ccccc12. The second-order valence-electron chi connectivity index (χ2n) is 3.24. The molecule has 0 saturated carbocycles. The lowest BCUT2D eigenvalue weighted by atomic mass is 10.2. The standard InChI is InChI=1S/C10H7N5O3/c1-18-10(17)7-6-4-2-3-5-15(6)13-8(7)9(16)12-14-11/h2-5H,1H3. The zero-order valence-electron chi connectivity index (χ0n) is 9.27. The van der Waals surface area contributed by atoms with E-state index < -0.39 is 11.9 Å². The predicted octanol–water partition coefficient (Wildman–Crippen LogP) is 1.57. The molecule has 8 nitrogen and oxygen atoms in total. The van der Waals surface area contributed by atoms with Crippen molar-refractivity contribution in [3.8, 4) is 0 Å². The maximum Gasteiger partial charge on any atom is 0.342 e. The number of carbonyl (C=O) groups excluding carboxylic acids is 2. The lowest BCUT2D eigenvalue weighted by Gasteiger charge is -1.97. The number of esters is 1. The quantitative estimate of drug-likeness (QED) is 0.346. The van der Waals surface area contributed by atoms with Crippen LogP contribution < -0.4 is 0 Å². The van der Waals surface area contributed by atoms with Gasteiger partial charge in [0.25, 0.3) is 5.91 Å². The van der Waals surface area contributed by atoms with Crippen LogP contribution in [0.5, 0.6) is 0 Å². The van der Waals surface area contributed by atoms with Gasteiger partial charge in [-0.2, -0.15) is 5.10 Å². The minimum atomic E-state index is -0.929. The molecule has 0 N–H and O–H groups in total. The Kier molecular flexibility index (Phi) is 2.94. The monoisotopic (exact) mass is 245 g/mol. The first-order valence-electron chi connectivity index (χ1n) is 4.84.